The molecule has 0 spiro atoms. The molecule has 1 aromatic rings. The van der Waals surface area contributed by atoms with Gasteiger partial charge in [0.2, 0.25) is 0 Å². The van der Waals surface area contributed by atoms with Crippen molar-refractivity contribution in [3.63, 3.8) is 0 Å². The number of nitrogen functional groups attached to an aromatic ring is 1. The van der Waals surface area contributed by atoms with E-state index in [9.17, 15) is 0 Å². The van der Waals surface area contributed by atoms with E-state index in [-0.39, 0.29) is 0 Å². The van der Waals surface area contributed by atoms with Gasteiger partial charge in [-0.1, -0.05) is 6.92 Å². The SMILES string of the molecule is CCC(CSC)N(C)c1ccc(N)cc1. The molecule has 2 N–H and O–H groups in total. The maximum atomic E-state index is 5.67. The van der Waals surface area contributed by atoms with Gasteiger partial charge >= 0.3 is 0 Å². The summed E-state index contributed by atoms with van der Waals surface area (Å²) in [6.07, 6.45) is 3.32. The van der Waals surface area contributed by atoms with Gasteiger partial charge in [0.1, 0.15) is 0 Å². The number of thioether (sulfide) groups is 1. The fourth-order valence-corrected chi connectivity index (χ4v) is 2.46. The van der Waals surface area contributed by atoms with Crippen LogP contribution in [0.4, 0.5) is 11.4 Å². The van der Waals surface area contributed by atoms with Crippen molar-refractivity contribution in [1.29, 1.82) is 0 Å². The van der Waals surface area contributed by atoms with E-state index in [1.807, 2.05) is 23.9 Å². The molecule has 1 rings (SSSR count). The Morgan fingerprint density at radius 1 is 1.33 bits per heavy atom. The Kier molecular flexibility index (Phi) is 4.82. The van der Waals surface area contributed by atoms with Gasteiger partial charge in [0.05, 0.1) is 0 Å². The highest BCUT2D eigenvalue weighted by Crippen LogP contribution is 2.19. The third-order valence-corrected chi connectivity index (χ3v) is 3.40. The Labute approximate surface area is 96.8 Å². The summed E-state index contributed by atoms with van der Waals surface area (Å²) in [7, 11) is 2.15. The molecule has 0 aromatic heterocycles. The number of benzene rings is 1. The summed E-state index contributed by atoms with van der Waals surface area (Å²) in [5, 5.41) is 0. The quantitative estimate of drug-likeness (QED) is 0.780. The summed E-state index contributed by atoms with van der Waals surface area (Å²) in [5.41, 5.74) is 7.74. The molecular weight excluding hydrogens is 204 g/mol. The highest BCUT2D eigenvalue weighted by molar-refractivity contribution is 7.98. The van der Waals surface area contributed by atoms with E-state index in [1.54, 1.807) is 0 Å². The second kappa shape index (κ2) is 5.91. The summed E-state index contributed by atoms with van der Waals surface area (Å²) in [5.74, 6) is 1.16. The Morgan fingerprint density at radius 3 is 2.40 bits per heavy atom. The summed E-state index contributed by atoms with van der Waals surface area (Å²) in [6, 6.07) is 8.68. The molecule has 0 saturated heterocycles. The van der Waals surface area contributed by atoms with E-state index in [0.717, 1.165) is 11.4 Å². The Hall–Kier alpha value is -0.830. The summed E-state index contributed by atoms with van der Waals surface area (Å²) >= 11 is 1.89. The summed E-state index contributed by atoms with van der Waals surface area (Å²) in [4.78, 5) is 2.33. The van der Waals surface area contributed by atoms with Crippen molar-refractivity contribution < 1.29 is 0 Å². The van der Waals surface area contributed by atoms with Gasteiger partial charge in [0.25, 0.3) is 0 Å². The number of hydrogen-bond donors (Lipinski definition) is 1. The molecule has 2 nitrogen and oxygen atoms in total. The normalized spacial score (nSPS) is 12.5. The van der Waals surface area contributed by atoms with Gasteiger partial charge < -0.3 is 10.6 Å². The highest BCUT2D eigenvalue weighted by Gasteiger charge is 2.12. The molecule has 0 amide bonds. The van der Waals surface area contributed by atoms with Crippen LogP contribution in [0.1, 0.15) is 13.3 Å². The maximum absolute atomic E-state index is 5.67. The van der Waals surface area contributed by atoms with Crippen LogP contribution in [0.3, 0.4) is 0 Å². The first-order valence-electron chi connectivity index (χ1n) is 5.26. The molecule has 1 aromatic carbocycles. The molecule has 84 valence electrons. The molecule has 1 atom stereocenters. The zero-order valence-electron chi connectivity index (χ0n) is 9.73. The molecular formula is C12H20N2S. The summed E-state index contributed by atoms with van der Waals surface area (Å²) in [6.45, 7) is 2.23. The van der Waals surface area contributed by atoms with Crippen molar-refractivity contribution in [3.8, 4) is 0 Å². The van der Waals surface area contributed by atoms with E-state index in [1.165, 1.54) is 12.1 Å². The van der Waals surface area contributed by atoms with Crippen LogP contribution in [0.2, 0.25) is 0 Å². The van der Waals surface area contributed by atoms with E-state index >= 15 is 0 Å². The Bertz CT molecular complexity index is 284. The number of nitrogens with two attached hydrogens (primary N) is 1. The predicted octanol–water partition coefficient (Wildman–Crippen LogP) is 2.85. The molecule has 0 aliphatic rings. The lowest BCUT2D eigenvalue weighted by Crippen LogP contribution is -2.33. The fourth-order valence-electron chi connectivity index (χ4n) is 1.62. The molecule has 3 heteroatoms. The minimum atomic E-state index is 0.601. The van der Waals surface area contributed by atoms with Gasteiger partial charge in [-0.25, -0.2) is 0 Å². The molecule has 0 aliphatic heterocycles. The van der Waals surface area contributed by atoms with E-state index < -0.39 is 0 Å². The topological polar surface area (TPSA) is 29.3 Å². The van der Waals surface area contributed by atoms with E-state index in [2.05, 4.69) is 37.3 Å². The van der Waals surface area contributed by atoms with Crippen molar-refractivity contribution >= 4 is 23.1 Å². The van der Waals surface area contributed by atoms with Gasteiger partial charge in [-0.3, -0.25) is 0 Å². The fraction of sp³-hybridized carbons (Fsp3) is 0.500. The van der Waals surface area contributed by atoms with Crippen molar-refractivity contribution in [2.24, 2.45) is 0 Å². The first-order valence-corrected chi connectivity index (χ1v) is 6.65. The molecule has 0 bridgehead atoms. The number of nitrogens with zero attached hydrogens (tertiary/aromatic N) is 1. The molecule has 0 aliphatic carbocycles. The lowest BCUT2D eigenvalue weighted by molar-refractivity contribution is 0.673. The summed E-state index contributed by atoms with van der Waals surface area (Å²) < 4.78 is 0. The van der Waals surface area contributed by atoms with Crippen LogP contribution in [0.15, 0.2) is 24.3 Å². The molecule has 1 unspecified atom stereocenters. The average Bonchev–Trinajstić information content (AvgIpc) is 2.26. The van der Waals surface area contributed by atoms with Crippen LogP contribution in [-0.4, -0.2) is 25.1 Å². The molecule has 0 radical (unpaired) electrons. The van der Waals surface area contributed by atoms with Gasteiger partial charge in [0.15, 0.2) is 0 Å². The standard InChI is InChI=1S/C12H20N2S/c1-4-11(9-15-3)14(2)12-7-5-10(13)6-8-12/h5-8,11H,4,9,13H2,1-3H3. The number of rotatable bonds is 5. The lowest BCUT2D eigenvalue weighted by Gasteiger charge is -2.28. The highest BCUT2D eigenvalue weighted by atomic mass is 32.2. The minimum absolute atomic E-state index is 0.601. The van der Waals surface area contributed by atoms with Crippen molar-refractivity contribution in [3.05, 3.63) is 24.3 Å². The molecule has 0 fully saturated rings. The monoisotopic (exact) mass is 224 g/mol. The number of hydrogen-bond acceptors (Lipinski definition) is 3. The van der Waals surface area contributed by atoms with Gasteiger partial charge in [-0.05, 0) is 36.9 Å². The third kappa shape index (κ3) is 3.34. The zero-order chi connectivity index (χ0) is 11.3. The molecule has 0 heterocycles. The van der Waals surface area contributed by atoms with Gasteiger partial charge in [0, 0.05) is 30.2 Å². The second-order valence-corrected chi connectivity index (χ2v) is 4.63. The van der Waals surface area contributed by atoms with Crippen LogP contribution in [-0.2, 0) is 0 Å². The number of anilines is 2. The first kappa shape index (κ1) is 12.2. The minimum Gasteiger partial charge on any atom is -0.399 e. The van der Waals surface area contributed by atoms with E-state index in [4.69, 9.17) is 5.73 Å². The predicted molar refractivity (Wildman–Crippen MR) is 71.7 cm³/mol. The second-order valence-electron chi connectivity index (χ2n) is 3.72. The largest absolute Gasteiger partial charge is 0.399 e. The Morgan fingerprint density at radius 2 is 1.93 bits per heavy atom. The van der Waals surface area contributed by atoms with Crippen LogP contribution in [0, 0.1) is 0 Å². The van der Waals surface area contributed by atoms with Crippen LogP contribution in [0.25, 0.3) is 0 Å². The zero-order valence-corrected chi connectivity index (χ0v) is 10.6. The average molecular weight is 224 g/mol. The Balaban J connectivity index is 2.73. The van der Waals surface area contributed by atoms with Crippen LogP contribution >= 0.6 is 11.8 Å². The van der Waals surface area contributed by atoms with Crippen LogP contribution in [0.5, 0.6) is 0 Å². The smallest absolute Gasteiger partial charge is 0.0374 e. The molecule has 0 saturated carbocycles. The van der Waals surface area contributed by atoms with Crippen molar-refractivity contribution in [2.75, 3.05) is 29.7 Å². The van der Waals surface area contributed by atoms with Gasteiger partial charge in [-0.15, -0.1) is 0 Å². The first-order chi connectivity index (χ1) is 7.19. The van der Waals surface area contributed by atoms with Crippen molar-refractivity contribution in [2.45, 2.75) is 19.4 Å². The van der Waals surface area contributed by atoms with Crippen LogP contribution < -0.4 is 10.6 Å². The third-order valence-electron chi connectivity index (χ3n) is 2.68. The van der Waals surface area contributed by atoms with Gasteiger partial charge in [-0.2, -0.15) is 11.8 Å². The molecule has 15 heavy (non-hydrogen) atoms. The lowest BCUT2D eigenvalue weighted by atomic mass is 10.2. The van der Waals surface area contributed by atoms with E-state index in [0.29, 0.717) is 6.04 Å². The van der Waals surface area contributed by atoms with Crippen molar-refractivity contribution in [1.82, 2.24) is 0 Å². The maximum Gasteiger partial charge on any atom is 0.0374 e.